The molecule has 0 amide bonds. The van der Waals surface area contributed by atoms with E-state index in [1.165, 1.54) is 0 Å². The Balaban J connectivity index is 1.66. The summed E-state index contributed by atoms with van der Waals surface area (Å²) < 4.78 is 10.8. The molecule has 2 aromatic heterocycles. The topological polar surface area (TPSA) is 74.2 Å². The van der Waals surface area contributed by atoms with E-state index in [1.807, 2.05) is 41.8 Å². The van der Waals surface area contributed by atoms with Crippen molar-refractivity contribution in [3.8, 4) is 16.5 Å². The number of hydrogen-bond donors (Lipinski definition) is 1. The maximum Gasteiger partial charge on any atom is 0.268 e. The number of nitrogens with two attached hydrogens (primary N) is 1. The van der Waals surface area contributed by atoms with Gasteiger partial charge in [-0.3, -0.25) is 0 Å². The molecular weight excluding hydrogens is 274 g/mol. The van der Waals surface area contributed by atoms with Crippen molar-refractivity contribution < 1.29 is 9.26 Å². The zero-order chi connectivity index (χ0) is 13.8. The maximum absolute atomic E-state index is 5.63. The van der Waals surface area contributed by atoms with Gasteiger partial charge in [-0.25, -0.2) is 0 Å². The van der Waals surface area contributed by atoms with Gasteiger partial charge in [0, 0.05) is 6.54 Å². The second-order valence-electron chi connectivity index (χ2n) is 4.13. The van der Waals surface area contributed by atoms with Gasteiger partial charge in [0.1, 0.15) is 5.75 Å². The molecule has 0 saturated carbocycles. The molecule has 2 N–H and O–H groups in total. The van der Waals surface area contributed by atoms with Gasteiger partial charge in [-0.2, -0.15) is 4.98 Å². The lowest BCUT2D eigenvalue weighted by atomic mass is 10.2. The van der Waals surface area contributed by atoms with Crippen LogP contribution in [0, 0.1) is 0 Å². The first-order valence-electron chi connectivity index (χ1n) is 6.13. The number of hydrogen-bond acceptors (Lipinski definition) is 6. The Bertz CT molecular complexity index is 679. The molecule has 0 bridgehead atoms. The standard InChI is InChI=1S/C14H13N3O2S/c15-8-10-3-1-4-11(7-10)18-9-13-16-14(19-17-13)12-5-2-6-20-12/h1-7H,8-9,15H2. The molecule has 0 fully saturated rings. The van der Waals surface area contributed by atoms with Crippen LogP contribution in [0.4, 0.5) is 0 Å². The molecule has 20 heavy (non-hydrogen) atoms. The minimum atomic E-state index is 0.267. The van der Waals surface area contributed by atoms with Crippen molar-refractivity contribution >= 4 is 11.3 Å². The molecule has 0 aliphatic heterocycles. The lowest BCUT2D eigenvalue weighted by molar-refractivity contribution is 0.287. The van der Waals surface area contributed by atoms with Crippen molar-refractivity contribution in [2.45, 2.75) is 13.2 Å². The fourth-order valence-electron chi connectivity index (χ4n) is 1.72. The molecule has 102 valence electrons. The van der Waals surface area contributed by atoms with Gasteiger partial charge in [0.15, 0.2) is 6.61 Å². The summed E-state index contributed by atoms with van der Waals surface area (Å²) in [7, 11) is 0. The van der Waals surface area contributed by atoms with Crippen LogP contribution < -0.4 is 10.5 Å². The third-order valence-corrected chi connectivity index (χ3v) is 3.56. The molecule has 0 aliphatic carbocycles. The first-order chi connectivity index (χ1) is 9.85. The van der Waals surface area contributed by atoms with E-state index in [-0.39, 0.29) is 6.61 Å². The van der Waals surface area contributed by atoms with Crippen molar-refractivity contribution in [2.75, 3.05) is 0 Å². The Labute approximate surface area is 120 Å². The Morgan fingerprint density at radius 1 is 1.25 bits per heavy atom. The van der Waals surface area contributed by atoms with Crippen LogP contribution in [0.25, 0.3) is 10.8 Å². The zero-order valence-corrected chi connectivity index (χ0v) is 11.5. The second-order valence-corrected chi connectivity index (χ2v) is 5.08. The van der Waals surface area contributed by atoms with E-state index in [9.17, 15) is 0 Å². The van der Waals surface area contributed by atoms with Crippen LogP contribution in [0.15, 0.2) is 46.3 Å². The molecule has 2 heterocycles. The number of rotatable bonds is 5. The molecule has 0 unspecified atom stereocenters. The minimum Gasteiger partial charge on any atom is -0.485 e. The molecule has 1 aromatic carbocycles. The smallest absolute Gasteiger partial charge is 0.268 e. The predicted octanol–water partition coefficient (Wildman–Crippen LogP) is 2.84. The van der Waals surface area contributed by atoms with E-state index in [1.54, 1.807) is 11.3 Å². The Morgan fingerprint density at radius 3 is 3.00 bits per heavy atom. The number of aromatic nitrogens is 2. The third-order valence-electron chi connectivity index (χ3n) is 2.70. The summed E-state index contributed by atoms with van der Waals surface area (Å²) in [6.07, 6.45) is 0. The largest absolute Gasteiger partial charge is 0.485 e. The van der Waals surface area contributed by atoms with Gasteiger partial charge >= 0.3 is 0 Å². The lowest BCUT2D eigenvalue weighted by Gasteiger charge is -2.04. The van der Waals surface area contributed by atoms with Gasteiger partial charge in [-0.1, -0.05) is 23.4 Å². The SMILES string of the molecule is NCc1cccc(OCc2noc(-c3cccs3)n2)c1. The van der Waals surface area contributed by atoms with Crippen LogP contribution in [0.3, 0.4) is 0 Å². The van der Waals surface area contributed by atoms with Gasteiger partial charge in [0.25, 0.3) is 5.89 Å². The lowest BCUT2D eigenvalue weighted by Crippen LogP contribution is -2.00. The number of ether oxygens (including phenoxy) is 1. The molecule has 6 heteroatoms. The van der Waals surface area contributed by atoms with Crippen LogP contribution in [0.1, 0.15) is 11.4 Å². The molecule has 0 spiro atoms. The summed E-state index contributed by atoms with van der Waals surface area (Å²) in [5, 5.41) is 5.87. The Morgan fingerprint density at radius 2 is 2.20 bits per heavy atom. The summed E-state index contributed by atoms with van der Waals surface area (Å²) in [6.45, 7) is 0.755. The quantitative estimate of drug-likeness (QED) is 0.781. The fourth-order valence-corrected chi connectivity index (χ4v) is 2.37. The van der Waals surface area contributed by atoms with E-state index >= 15 is 0 Å². The predicted molar refractivity (Wildman–Crippen MR) is 76.3 cm³/mol. The van der Waals surface area contributed by atoms with E-state index in [4.69, 9.17) is 15.0 Å². The highest BCUT2D eigenvalue weighted by molar-refractivity contribution is 7.13. The first-order valence-corrected chi connectivity index (χ1v) is 7.01. The van der Waals surface area contributed by atoms with E-state index in [2.05, 4.69) is 10.1 Å². The van der Waals surface area contributed by atoms with E-state index in [0.29, 0.717) is 18.3 Å². The monoisotopic (exact) mass is 287 g/mol. The maximum atomic E-state index is 5.63. The van der Waals surface area contributed by atoms with Crippen LogP contribution >= 0.6 is 11.3 Å². The number of thiophene rings is 1. The third kappa shape index (κ3) is 2.87. The van der Waals surface area contributed by atoms with E-state index in [0.717, 1.165) is 16.2 Å². The minimum absolute atomic E-state index is 0.267. The first kappa shape index (κ1) is 12.8. The van der Waals surface area contributed by atoms with Crippen LogP contribution in [-0.2, 0) is 13.2 Å². The van der Waals surface area contributed by atoms with Gasteiger partial charge in [-0.15, -0.1) is 11.3 Å². The van der Waals surface area contributed by atoms with Gasteiger partial charge in [0.2, 0.25) is 5.82 Å². The summed E-state index contributed by atoms with van der Waals surface area (Å²) >= 11 is 1.56. The molecule has 0 radical (unpaired) electrons. The summed E-state index contributed by atoms with van der Waals surface area (Å²) in [5.41, 5.74) is 6.61. The van der Waals surface area contributed by atoms with Gasteiger partial charge in [0.05, 0.1) is 4.88 Å². The molecule has 0 aliphatic rings. The van der Waals surface area contributed by atoms with Crippen LogP contribution in [0.5, 0.6) is 5.75 Å². The number of nitrogens with zero attached hydrogens (tertiary/aromatic N) is 2. The highest BCUT2D eigenvalue weighted by atomic mass is 32.1. The Kier molecular flexibility index (Phi) is 3.76. The molecule has 0 saturated heterocycles. The van der Waals surface area contributed by atoms with Crippen molar-refractivity contribution in [1.82, 2.24) is 10.1 Å². The van der Waals surface area contributed by atoms with E-state index < -0.39 is 0 Å². The molecule has 5 nitrogen and oxygen atoms in total. The average molecular weight is 287 g/mol. The summed E-state index contributed by atoms with van der Waals surface area (Å²) in [4.78, 5) is 5.25. The Hall–Kier alpha value is -2.18. The molecular formula is C14H13N3O2S. The number of benzene rings is 1. The van der Waals surface area contributed by atoms with Crippen LogP contribution in [-0.4, -0.2) is 10.1 Å². The highest BCUT2D eigenvalue weighted by Gasteiger charge is 2.10. The van der Waals surface area contributed by atoms with Crippen molar-refractivity contribution in [3.63, 3.8) is 0 Å². The molecule has 3 rings (SSSR count). The highest BCUT2D eigenvalue weighted by Crippen LogP contribution is 2.22. The van der Waals surface area contributed by atoms with Crippen molar-refractivity contribution in [1.29, 1.82) is 0 Å². The fraction of sp³-hybridized carbons (Fsp3) is 0.143. The van der Waals surface area contributed by atoms with Crippen molar-refractivity contribution in [2.24, 2.45) is 5.73 Å². The zero-order valence-electron chi connectivity index (χ0n) is 10.7. The summed E-state index contributed by atoms with van der Waals surface area (Å²) in [6, 6.07) is 11.5. The summed E-state index contributed by atoms with van der Waals surface area (Å²) in [5.74, 6) is 1.79. The van der Waals surface area contributed by atoms with Gasteiger partial charge < -0.3 is 15.0 Å². The van der Waals surface area contributed by atoms with Gasteiger partial charge in [-0.05, 0) is 29.1 Å². The van der Waals surface area contributed by atoms with Crippen LogP contribution in [0.2, 0.25) is 0 Å². The normalized spacial score (nSPS) is 10.7. The molecule has 0 atom stereocenters. The average Bonchev–Trinajstić information content (AvgIpc) is 3.16. The second kappa shape index (κ2) is 5.85. The molecule has 3 aromatic rings. The van der Waals surface area contributed by atoms with Crippen molar-refractivity contribution in [3.05, 3.63) is 53.2 Å².